The quantitative estimate of drug-likeness (QED) is 0.691. The molecule has 2 N–H and O–H groups in total. The lowest BCUT2D eigenvalue weighted by molar-refractivity contribution is -0.119. The number of rotatable bonds is 4. The number of para-hydroxylation sites is 1. The second-order valence-electron chi connectivity index (χ2n) is 7.34. The summed E-state index contributed by atoms with van der Waals surface area (Å²) in [6.45, 7) is 2.44. The Kier molecular flexibility index (Phi) is 4.99. The third-order valence-electron chi connectivity index (χ3n) is 5.27. The van der Waals surface area contributed by atoms with Crippen molar-refractivity contribution in [1.29, 1.82) is 0 Å². The Balaban J connectivity index is 1.89. The van der Waals surface area contributed by atoms with Crippen molar-refractivity contribution >= 4 is 28.5 Å². The van der Waals surface area contributed by atoms with E-state index in [9.17, 15) is 23.9 Å². The zero-order valence-electron chi connectivity index (χ0n) is 16.3. The average Bonchev–Trinajstić information content (AvgIpc) is 3.16. The summed E-state index contributed by atoms with van der Waals surface area (Å²) in [6.07, 6.45) is 1.95. The molecule has 1 saturated heterocycles. The number of benzene rings is 2. The van der Waals surface area contributed by atoms with E-state index in [1.54, 1.807) is 34.9 Å². The molecule has 1 atom stereocenters. The number of carboxylic acid groups (broad SMARTS) is 1. The molecule has 0 bridgehead atoms. The first-order chi connectivity index (χ1) is 14.3. The van der Waals surface area contributed by atoms with Gasteiger partial charge in [-0.25, -0.2) is 9.18 Å². The molecule has 0 spiro atoms. The molecule has 30 heavy (non-hydrogen) atoms. The predicted molar refractivity (Wildman–Crippen MR) is 111 cm³/mol. The maximum absolute atomic E-state index is 15.0. The van der Waals surface area contributed by atoms with Gasteiger partial charge in [0.2, 0.25) is 11.3 Å². The van der Waals surface area contributed by atoms with Crippen LogP contribution in [0.1, 0.15) is 23.7 Å². The summed E-state index contributed by atoms with van der Waals surface area (Å²) in [6, 6.07) is 11.6. The Morgan fingerprint density at radius 2 is 1.93 bits per heavy atom. The van der Waals surface area contributed by atoms with Gasteiger partial charge < -0.3 is 19.9 Å². The fraction of sp³-hybridized carbons (Fsp3) is 0.227. The zero-order chi connectivity index (χ0) is 21.4. The maximum Gasteiger partial charge on any atom is 0.341 e. The van der Waals surface area contributed by atoms with Gasteiger partial charge in [-0.15, -0.1) is 0 Å². The van der Waals surface area contributed by atoms with Crippen molar-refractivity contribution in [2.24, 2.45) is 0 Å². The van der Waals surface area contributed by atoms with Crippen molar-refractivity contribution in [3.8, 4) is 5.69 Å². The van der Waals surface area contributed by atoms with E-state index < -0.39 is 22.8 Å². The van der Waals surface area contributed by atoms with Crippen molar-refractivity contribution < 1.29 is 19.1 Å². The minimum Gasteiger partial charge on any atom is -0.477 e. The number of carboxylic acids is 1. The van der Waals surface area contributed by atoms with Crippen molar-refractivity contribution in [3.63, 3.8) is 0 Å². The summed E-state index contributed by atoms with van der Waals surface area (Å²) in [5.74, 6) is -2.11. The third kappa shape index (κ3) is 3.52. The second-order valence-corrected chi connectivity index (χ2v) is 7.34. The number of pyridine rings is 1. The number of nitrogens with one attached hydrogen (secondary N) is 1. The van der Waals surface area contributed by atoms with Crippen molar-refractivity contribution in [1.82, 2.24) is 9.88 Å². The number of aromatic nitrogens is 1. The molecule has 1 aliphatic rings. The highest BCUT2D eigenvalue weighted by Crippen LogP contribution is 2.29. The molecule has 1 aliphatic heterocycles. The lowest BCUT2D eigenvalue weighted by Gasteiger charge is -2.21. The van der Waals surface area contributed by atoms with Crippen LogP contribution in [-0.4, -0.2) is 40.7 Å². The molecule has 154 valence electrons. The van der Waals surface area contributed by atoms with Crippen LogP contribution >= 0.6 is 0 Å². The van der Waals surface area contributed by atoms with Gasteiger partial charge in [-0.05, 0) is 30.7 Å². The SMILES string of the molecule is CC(=O)NC1CCN(c2cc3c(cc2F)c(=O)c(C(=O)O)cn3-c2ccccc2)C1. The van der Waals surface area contributed by atoms with E-state index in [0.717, 1.165) is 6.07 Å². The summed E-state index contributed by atoms with van der Waals surface area (Å²) in [4.78, 5) is 37.4. The van der Waals surface area contributed by atoms with Crippen LogP contribution in [0.25, 0.3) is 16.6 Å². The molecule has 1 fully saturated rings. The fourth-order valence-electron chi connectivity index (χ4n) is 3.92. The lowest BCUT2D eigenvalue weighted by Crippen LogP contribution is -2.35. The fourth-order valence-corrected chi connectivity index (χ4v) is 3.92. The standard InChI is InChI=1S/C22H20FN3O4/c1-13(27)24-14-7-8-25(11-14)20-10-19-16(9-18(20)23)21(28)17(22(29)30)12-26(19)15-5-3-2-4-6-15/h2-6,9-10,12,14H,7-8,11H2,1H3,(H,24,27)(H,29,30). The molecule has 7 nitrogen and oxygen atoms in total. The van der Waals surface area contributed by atoms with Crippen LogP contribution in [0.15, 0.2) is 53.5 Å². The van der Waals surface area contributed by atoms with E-state index in [4.69, 9.17) is 0 Å². The van der Waals surface area contributed by atoms with Crippen LogP contribution in [0.3, 0.4) is 0 Å². The molecule has 4 rings (SSSR count). The monoisotopic (exact) mass is 409 g/mol. The van der Waals surface area contributed by atoms with Crippen LogP contribution in [-0.2, 0) is 4.79 Å². The minimum atomic E-state index is -1.37. The number of amides is 1. The van der Waals surface area contributed by atoms with Crippen molar-refractivity contribution in [3.05, 3.63) is 70.3 Å². The van der Waals surface area contributed by atoms with Crippen LogP contribution in [0.5, 0.6) is 0 Å². The topological polar surface area (TPSA) is 91.6 Å². The molecular formula is C22H20FN3O4. The largest absolute Gasteiger partial charge is 0.477 e. The van der Waals surface area contributed by atoms with Gasteiger partial charge in [0.15, 0.2) is 0 Å². The summed E-state index contributed by atoms with van der Waals surface area (Å²) >= 11 is 0. The van der Waals surface area contributed by atoms with Gasteiger partial charge >= 0.3 is 5.97 Å². The molecular weight excluding hydrogens is 389 g/mol. The van der Waals surface area contributed by atoms with E-state index in [0.29, 0.717) is 36.4 Å². The van der Waals surface area contributed by atoms with Crippen LogP contribution < -0.4 is 15.6 Å². The normalized spacial score (nSPS) is 16.1. The third-order valence-corrected chi connectivity index (χ3v) is 5.27. The van der Waals surface area contributed by atoms with E-state index in [1.165, 1.54) is 13.1 Å². The number of aromatic carboxylic acids is 1. The molecule has 0 aliphatic carbocycles. The molecule has 3 aromatic rings. The molecule has 1 amide bonds. The number of carbonyl (C=O) groups excluding carboxylic acids is 1. The van der Waals surface area contributed by atoms with E-state index in [1.807, 2.05) is 11.0 Å². The highest BCUT2D eigenvalue weighted by molar-refractivity contribution is 5.94. The number of hydrogen-bond donors (Lipinski definition) is 2. The van der Waals surface area contributed by atoms with Crippen molar-refractivity contribution in [2.45, 2.75) is 19.4 Å². The highest BCUT2D eigenvalue weighted by Gasteiger charge is 2.26. The number of nitrogens with zero attached hydrogens (tertiary/aromatic N) is 2. The Labute approximate surface area is 171 Å². The van der Waals surface area contributed by atoms with Crippen LogP contribution in [0, 0.1) is 5.82 Å². The van der Waals surface area contributed by atoms with Gasteiger partial charge in [-0.2, -0.15) is 0 Å². The second kappa shape index (κ2) is 7.62. The summed E-state index contributed by atoms with van der Waals surface area (Å²) in [5, 5.41) is 12.3. The van der Waals surface area contributed by atoms with E-state index in [2.05, 4.69) is 5.32 Å². The molecule has 0 saturated carbocycles. The Morgan fingerprint density at radius 1 is 1.20 bits per heavy atom. The van der Waals surface area contributed by atoms with Gasteiger partial charge in [0.1, 0.15) is 11.4 Å². The van der Waals surface area contributed by atoms with Gasteiger partial charge in [-0.3, -0.25) is 9.59 Å². The van der Waals surface area contributed by atoms with Gasteiger partial charge in [-0.1, -0.05) is 18.2 Å². The molecule has 2 aromatic carbocycles. The minimum absolute atomic E-state index is 0.00221. The van der Waals surface area contributed by atoms with Gasteiger partial charge in [0.25, 0.3) is 0 Å². The number of halogens is 1. The van der Waals surface area contributed by atoms with Crippen molar-refractivity contribution in [2.75, 3.05) is 18.0 Å². The number of fused-ring (bicyclic) bond motifs is 1. The number of anilines is 1. The Hall–Kier alpha value is -3.68. The predicted octanol–water partition coefficient (Wildman–Crippen LogP) is 2.54. The average molecular weight is 409 g/mol. The molecule has 8 heteroatoms. The van der Waals surface area contributed by atoms with Gasteiger partial charge in [0, 0.05) is 43.3 Å². The smallest absolute Gasteiger partial charge is 0.341 e. The molecule has 1 unspecified atom stereocenters. The summed E-state index contributed by atoms with van der Waals surface area (Å²) < 4.78 is 16.6. The Bertz CT molecular complexity index is 1210. The van der Waals surface area contributed by atoms with Gasteiger partial charge in [0.05, 0.1) is 11.2 Å². The van der Waals surface area contributed by atoms with Crippen LogP contribution in [0.2, 0.25) is 0 Å². The summed E-state index contributed by atoms with van der Waals surface area (Å²) in [7, 11) is 0. The maximum atomic E-state index is 15.0. The molecule has 0 radical (unpaired) electrons. The molecule has 1 aromatic heterocycles. The summed E-state index contributed by atoms with van der Waals surface area (Å²) in [5.41, 5.74) is 0.219. The number of carbonyl (C=O) groups is 2. The first kappa shape index (κ1) is 19.6. The van der Waals surface area contributed by atoms with E-state index in [-0.39, 0.29) is 17.3 Å². The molecule has 2 heterocycles. The zero-order valence-corrected chi connectivity index (χ0v) is 16.3. The Morgan fingerprint density at radius 3 is 2.60 bits per heavy atom. The lowest BCUT2D eigenvalue weighted by atomic mass is 10.1. The van der Waals surface area contributed by atoms with Crippen LogP contribution in [0.4, 0.5) is 10.1 Å². The number of hydrogen-bond acceptors (Lipinski definition) is 4. The first-order valence-corrected chi connectivity index (χ1v) is 9.55. The first-order valence-electron chi connectivity index (χ1n) is 9.55. The van der Waals surface area contributed by atoms with E-state index >= 15 is 0 Å². The highest BCUT2D eigenvalue weighted by atomic mass is 19.1.